The zero-order valence-electron chi connectivity index (χ0n) is 24.3. The van der Waals surface area contributed by atoms with Crippen LogP contribution in [-0.2, 0) is 7.05 Å². The summed E-state index contributed by atoms with van der Waals surface area (Å²) in [5, 5.41) is 7.23. The van der Waals surface area contributed by atoms with Crippen molar-refractivity contribution in [3.63, 3.8) is 0 Å². The molecular formula is C31H42N6O2. The van der Waals surface area contributed by atoms with Crippen LogP contribution in [0.25, 0.3) is 32.6 Å². The van der Waals surface area contributed by atoms with Gasteiger partial charge in [-0.1, -0.05) is 6.07 Å². The smallest absolute Gasteiger partial charge is 0.270 e. The van der Waals surface area contributed by atoms with Gasteiger partial charge in [-0.25, -0.2) is 0 Å². The van der Waals surface area contributed by atoms with E-state index in [9.17, 15) is 4.79 Å². The maximum absolute atomic E-state index is 13.3. The van der Waals surface area contributed by atoms with Crippen LogP contribution in [-0.4, -0.2) is 103 Å². The normalized spacial score (nSPS) is 16.0. The number of nitrogens with zero attached hydrogens (tertiary/aromatic N) is 5. The van der Waals surface area contributed by atoms with Crippen molar-refractivity contribution in [3.05, 3.63) is 47.8 Å². The lowest BCUT2D eigenvalue weighted by Gasteiger charge is -2.32. The fourth-order valence-corrected chi connectivity index (χ4v) is 6.03. The Morgan fingerprint density at radius 1 is 1.10 bits per heavy atom. The number of aryl methyl sites for hydroxylation is 2. The van der Waals surface area contributed by atoms with Crippen LogP contribution < -0.4 is 10.1 Å². The number of aromatic nitrogens is 2. The fraction of sp³-hybridized carbons (Fsp3) is 0.484. The number of hydrogen-bond donors (Lipinski definition) is 1. The van der Waals surface area contributed by atoms with Crippen LogP contribution in [0.3, 0.4) is 0 Å². The number of carbonyl (C=O) groups is 1. The van der Waals surface area contributed by atoms with Crippen molar-refractivity contribution in [2.75, 3.05) is 67.0 Å². The number of rotatable bonds is 9. The predicted octanol–water partition coefficient (Wildman–Crippen LogP) is 3.88. The van der Waals surface area contributed by atoms with Crippen molar-refractivity contribution in [1.82, 2.24) is 29.6 Å². The van der Waals surface area contributed by atoms with E-state index in [4.69, 9.17) is 4.74 Å². The monoisotopic (exact) mass is 530 g/mol. The largest absolute Gasteiger partial charge is 0.493 e. The summed E-state index contributed by atoms with van der Waals surface area (Å²) in [5.41, 5.74) is 3.88. The van der Waals surface area contributed by atoms with E-state index in [1.807, 2.05) is 27.1 Å². The Labute approximate surface area is 231 Å². The van der Waals surface area contributed by atoms with Gasteiger partial charge in [0.1, 0.15) is 11.4 Å². The summed E-state index contributed by atoms with van der Waals surface area (Å²) in [7, 11) is 8.31. The molecule has 0 radical (unpaired) electrons. The molecule has 0 unspecified atom stereocenters. The molecule has 1 aliphatic heterocycles. The first-order chi connectivity index (χ1) is 18.7. The molecule has 208 valence electrons. The molecule has 5 rings (SSSR count). The number of likely N-dealkylation sites (N-methyl/N-ethyl adjacent to an activating group) is 2. The molecule has 0 aliphatic carbocycles. The molecular weight excluding hydrogens is 488 g/mol. The van der Waals surface area contributed by atoms with Crippen LogP contribution >= 0.6 is 0 Å². The summed E-state index contributed by atoms with van der Waals surface area (Å²) in [5.74, 6) is 0.749. The van der Waals surface area contributed by atoms with Crippen LogP contribution in [0.4, 0.5) is 0 Å². The molecule has 1 fully saturated rings. The summed E-state index contributed by atoms with van der Waals surface area (Å²) in [6.07, 6.45) is 2.73. The lowest BCUT2D eigenvalue weighted by Crippen LogP contribution is -2.44. The zero-order chi connectivity index (χ0) is 27.7. The number of hydrogen-bond acceptors (Lipinski definition) is 6. The van der Waals surface area contributed by atoms with E-state index in [1.54, 1.807) is 6.20 Å². The standard InChI is InChI=1S/C31H42N6O2/c1-21(20-34(3)4)33-31(38)29-24-19-25-28-26(36(6)30(25)22(2)23(24)11-12-32-29)9-7-10-27(28)39-18-8-13-37-16-14-35(5)15-17-37/h7,9-12,19,21H,8,13-18,20H2,1-6H3,(H,33,38)/t21-/m1/s1. The Bertz CT molecular complexity index is 1490. The summed E-state index contributed by atoms with van der Waals surface area (Å²) in [6, 6.07) is 10.4. The van der Waals surface area contributed by atoms with Crippen molar-refractivity contribution < 1.29 is 9.53 Å². The highest BCUT2D eigenvalue weighted by Crippen LogP contribution is 2.39. The second-order valence-electron chi connectivity index (χ2n) is 11.3. The quantitative estimate of drug-likeness (QED) is 0.331. The number of amides is 1. The van der Waals surface area contributed by atoms with Gasteiger partial charge in [0.05, 0.1) is 17.6 Å². The van der Waals surface area contributed by atoms with Gasteiger partial charge in [-0.05, 0) is 76.6 Å². The lowest BCUT2D eigenvalue weighted by molar-refractivity contribution is 0.0931. The molecule has 39 heavy (non-hydrogen) atoms. The molecule has 3 heterocycles. The van der Waals surface area contributed by atoms with Crippen molar-refractivity contribution in [1.29, 1.82) is 0 Å². The lowest BCUT2D eigenvalue weighted by atomic mass is 9.99. The van der Waals surface area contributed by atoms with E-state index in [-0.39, 0.29) is 11.9 Å². The highest BCUT2D eigenvalue weighted by molar-refractivity contribution is 6.19. The average molecular weight is 531 g/mol. The van der Waals surface area contributed by atoms with Gasteiger partial charge >= 0.3 is 0 Å². The summed E-state index contributed by atoms with van der Waals surface area (Å²) in [6.45, 7) is 11.2. The van der Waals surface area contributed by atoms with Crippen LogP contribution in [0, 0.1) is 6.92 Å². The van der Waals surface area contributed by atoms with Crippen molar-refractivity contribution in [2.45, 2.75) is 26.3 Å². The molecule has 1 saturated heterocycles. The first kappa shape index (κ1) is 27.4. The third kappa shape index (κ3) is 5.60. The van der Waals surface area contributed by atoms with E-state index in [2.05, 4.69) is 74.9 Å². The van der Waals surface area contributed by atoms with Crippen LogP contribution in [0.2, 0.25) is 0 Å². The van der Waals surface area contributed by atoms with Crippen molar-refractivity contribution in [2.24, 2.45) is 7.05 Å². The van der Waals surface area contributed by atoms with Crippen LogP contribution in [0.5, 0.6) is 5.75 Å². The Morgan fingerprint density at radius 2 is 1.87 bits per heavy atom. The molecule has 0 bridgehead atoms. The first-order valence-corrected chi connectivity index (χ1v) is 14.0. The first-order valence-electron chi connectivity index (χ1n) is 14.0. The van der Waals surface area contributed by atoms with Crippen molar-refractivity contribution >= 4 is 38.5 Å². The van der Waals surface area contributed by atoms with Gasteiger partial charge in [-0.3, -0.25) is 9.78 Å². The zero-order valence-corrected chi connectivity index (χ0v) is 24.3. The van der Waals surface area contributed by atoms with Crippen LogP contribution in [0.1, 0.15) is 29.4 Å². The Morgan fingerprint density at radius 3 is 2.62 bits per heavy atom. The highest BCUT2D eigenvalue weighted by atomic mass is 16.5. The molecule has 8 nitrogen and oxygen atoms in total. The molecule has 1 N–H and O–H groups in total. The molecule has 2 aromatic heterocycles. The molecule has 2 aromatic carbocycles. The molecule has 8 heteroatoms. The molecule has 1 amide bonds. The van der Waals surface area contributed by atoms with E-state index in [0.717, 1.165) is 89.6 Å². The van der Waals surface area contributed by atoms with Crippen LogP contribution in [0.15, 0.2) is 36.5 Å². The maximum atomic E-state index is 13.3. The minimum Gasteiger partial charge on any atom is -0.493 e. The molecule has 0 spiro atoms. The van der Waals surface area contributed by atoms with Gasteiger partial charge in [0, 0.05) is 74.7 Å². The summed E-state index contributed by atoms with van der Waals surface area (Å²) >= 11 is 0. The second kappa shape index (κ2) is 11.5. The highest BCUT2D eigenvalue weighted by Gasteiger charge is 2.21. The Balaban J connectivity index is 1.48. The van der Waals surface area contributed by atoms with E-state index < -0.39 is 0 Å². The van der Waals surface area contributed by atoms with Gasteiger partial charge in [0.15, 0.2) is 0 Å². The average Bonchev–Trinajstić information content (AvgIpc) is 3.19. The minimum atomic E-state index is -0.144. The predicted molar refractivity (Wildman–Crippen MR) is 160 cm³/mol. The van der Waals surface area contributed by atoms with Gasteiger partial charge in [-0.15, -0.1) is 0 Å². The van der Waals surface area contributed by atoms with E-state index in [0.29, 0.717) is 12.3 Å². The second-order valence-corrected chi connectivity index (χ2v) is 11.3. The van der Waals surface area contributed by atoms with Gasteiger partial charge < -0.3 is 29.3 Å². The number of nitrogens with one attached hydrogen (secondary N) is 1. The van der Waals surface area contributed by atoms with Gasteiger partial charge in [0.25, 0.3) is 5.91 Å². The number of ether oxygens (including phenoxy) is 1. The summed E-state index contributed by atoms with van der Waals surface area (Å²) < 4.78 is 8.67. The number of carbonyl (C=O) groups excluding carboxylic acids is 1. The minimum absolute atomic E-state index is 0.0118. The third-order valence-corrected chi connectivity index (χ3v) is 7.97. The van der Waals surface area contributed by atoms with E-state index in [1.165, 1.54) is 0 Å². The molecule has 4 aromatic rings. The van der Waals surface area contributed by atoms with Gasteiger partial charge in [-0.2, -0.15) is 0 Å². The summed E-state index contributed by atoms with van der Waals surface area (Å²) in [4.78, 5) is 24.8. The SMILES string of the molecule is Cc1c2ccnc(C(=O)N[C@H](C)CN(C)C)c2cc2c3c(OCCCN4CCN(C)CC4)cccc3n(C)c12. The van der Waals surface area contributed by atoms with E-state index >= 15 is 0 Å². The number of benzene rings is 2. The third-order valence-electron chi connectivity index (χ3n) is 7.97. The Kier molecular flexibility index (Phi) is 8.07. The topological polar surface area (TPSA) is 65.9 Å². The number of pyridine rings is 1. The number of piperazine rings is 1. The Hall–Kier alpha value is -3.20. The molecule has 0 saturated carbocycles. The maximum Gasteiger partial charge on any atom is 0.270 e. The fourth-order valence-electron chi connectivity index (χ4n) is 6.03. The molecule has 1 aliphatic rings. The van der Waals surface area contributed by atoms with Crippen molar-refractivity contribution in [3.8, 4) is 5.75 Å². The molecule has 1 atom stereocenters. The van der Waals surface area contributed by atoms with Gasteiger partial charge in [0.2, 0.25) is 0 Å². The number of fused-ring (bicyclic) bond motifs is 4.